The van der Waals surface area contributed by atoms with Crippen molar-refractivity contribution in [2.24, 2.45) is 0 Å². The second kappa shape index (κ2) is 7.68. The molecular formula is C12H21NO5. The maximum absolute atomic E-state index is 11.8. The van der Waals surface area contributed by atoms with Crippen LogP contribution >= 0.6 is 0 Å². The zero-order valence-corrected chi connectivity index (χ0v) is 11.3. The molecule has 0 saturated carbocycles. The molecule has 6 nitrogen and oxygen atoms in total. The number of carbonyl (C=O) groups excluding carboxylic acids is 2. The first kappa shape index (κ1) is 16.4. The van der Waals surface area contributed by atoms with Crippen LogP contribution in [-0.4, -0.2) is 46.5 Å². The summed E-state index contributed by atoms with van der Waals surface area (Å²) in [6.45, 7) is 6.36. The lowest BCUT2D eigenvalue weighted by Crippen LogP contribution is -2.52. The fourth-order valence-electron chi connectivity index (χ4n) is 1.76. The van der Waals surface area contributed by atoms with Crippen molar-refractivity contribution >= 4 is 17.8 Å². The largest absolute Gasteiger partial charge is 0.480 e. The van der Waals surface area contributed by atoms with Crippen LogP contribution in [0, 0.1) is 0 Å². The standard InChI is InChI=1S/C12H21NO5/c1-5-7-10(12(17)18-6-2)13(9(4)14)8(3)11(15)16/h8,10H,5-7H2,1-4H3,(H,15,16)/t8-,10-/m0/s1. The number of hydrogen-bond acceptors (Lipinski definition) is 4. The highest BCUT2D eigenvalue weighted by molar-refractivity contribution is 5.87. The fraction of sp³-hybridized carbons (Fsp3) is 0.750. The molecule has 0 aliphatic carbocycles. The van der Waals surface area contributed by atoms with Crippen LogP contribution in [0.4, 0.5) is 0 Å². The van der Waals surface area contributed by atoms with Crippen molar-refractivity contribution < 1.29 is 24.2 Å². The topological polar surface area (TPSA) is 83.9 Å². The fourth-order valence-corrected chi connectivity index (χ4v) is 1.76. The zero-order valence-electron chi connectivity index (χ0n) is 11.3. The van der Waals surface area contributed by atoms with Crippen molar-refractivity contribution in [3.8, 4) is 0 Å². The lowest BCUT2D eigenvalue weighted by Gasteiger charge is -2.32. The van der Waals surface area contributed by atoms with E-state index in [1.54, 1.807) is 6.92 Å². The maximum atomic E-state index is 11.8. The van der Waals surface area contributed by atoms with Crippen molar-refractivity contribution in [3.05, 3.63) is 0 Å². The Balaban J connectivity index is 5.16. The van der Waals surface area contributed by atoms with Crippen molar-refractivity contribution in [2.45, 2.75) is 52.6 Å². The molecule has 1 amide bonds. The van der Waals surface area contributed by atoms with Gasteiger partial charge in [0, 0.05) is 6.92 Å². The van der Waals surface area contributed by atoms with E-state index in [1.165, 1.54) is 13.8 Å². The molecule has 104 valence electrons. The summed E-state index contributed by atoms with van der Waals surface area (Å²) in [6, 6.07) is -1.89. The van der Waals surface area contributed by atoms with Gasteiger partial charge in [0.05, 0.1) is 6.61 Å². The first-order chi connectivity index (χ1) is 8.36. The van der Waals surface area contributed by atoms with Crippen LogP contribution in [-0.2, 0) is 19.1 Å². The lowest BCUT2D eigenvalue weighted by atomic mass is 10.1. The van der Waals surface area contributed by atoms with Gasteiger partial charge >= 0.3 is 11.9 Å². The smallest absolute Gasteiger partial charge is 0.328 e. The van der Waals surface area contributed by atoms with E-state index in [0.717, 1.165) is 4.90 Å². The van der Waals surface area contributed by atoms with Crippen LogP contribution < -0.4 is 0 Å². The SMILES string of the molecule is CCC[C@@H](C(=O)OCC)N(C(C)=O)[C@@H](C)C(=O)O. The molecule has 0 aliphatic rings. The molecule has 0 aromatic rings. The molecule has 0 spiro atoms. The summed E-state index contributed by atoms with van der Waals surface area (Å²) in [5, 5.41) is 8.98. The summed E-state index contributed by atoms with van der Waals surface area (Å²) in [7, 11) is 0. The summed E-state index contributed by atoms with van der Waals surface area (Å²) in [4.78, 5) is 35.4. The molecule has 0 saturated heterocycles. The molecule has 0 heterocycles. The van der Waals surface area contributed by atoms with Crippen LogP contribution in [0.2, 0.25) is 0 Å². The Hall–Kier alpha value is -1.59. The predicted molar refractivity (Wildman–Crippen MR) is 64.9 cm³/mol. The Morgan fingerprint density at radius 2 is 1.83 bits per heavy atom. The number of carboxylic acid groups (broad SMARTS) is 1. The zero-order chi connectivity index (χ0) is 14.3. The van der Waals surface area contributed by atoms with Gasteiger partial charge in [-0.15, -0.1) is 0 Å². The molecule has 0 radical (unpaired) electrons. The van der Waals surface area contributed by atoms with Gasteiger partial charge in [-0.3, -0.25) is 4.79 Å². The monoisotopic (exact) mass is 259 g/mol. The van der Waals surface area contributed by atoms with Gasteiger partial charge in [0.2, 0.25) is 5.91 Å². The van der Waals surface area contributed by atoms with Gasteiger partial charge in [0.25, 0.3) is 0 Å². The van der Waals surface area contributed by atoms with E-state index in [-0.39, 0.29) is 6.61 Å². The van der Waals surface area contributed by atoms with Crippen molar-refractivity contribution in [1.82, 2.24) is 4.90 Å². The number of rotatable bonds is 7. The number of aliphatic carboxylic acids is 1. The molecule has 6 heteroatoms. The van der Waals surface area contributed by atoms with Gasteiger partial charge in [-0.05, 0) is 20.3 Å². The average Bonchev–Trinajstić information content (AvgIpc) is 2.27. The minimum absolute atomic E-state index is 0.201. The lowest BCUT2D eigenvalue weighted by molar-refractivity contribution is -0.161. The summed E-state index contributed by atoms with van der Waals surface area (Å²) in [5.74, 6) is -2.14. The molecule has 0 unspecified atom stereocenters. The summed E-state index contributed by atoms with van der Waals surface area (Å²) in [6.07, 6.45) is 1.04. The molecule has 0 aliphatic heterocycles. The van der Waals surface area contributed by atoms with Crippen LogP contribution in [0.5, 0.6) is 0 Å². The first-order valence-electron chi connectivity index (χ1n) is 6.05. The third-order valence-electron chi connectivity index (χ3n) is 2.59. The number of esters is 1. The number of carboxylic acids is 1. The van der Waals surface area contributed by atoms with Gasteiger partial charge in [0.1, 0.15) is 12.1 Å². The van der Waals surface area contributed by atoms with Gasteiger partial charge in [-0.1, -0.05) is 13.3 Å². The quantitative estimate of drug-likeness (QED) is 0.690. The highest BCUT2D eigenvalue weighted by Gasteiger charge is 2.34. The third kappa shape index (κ3) is 4.35. The van der Waals surface area contributed by atoms with Gasteiger partial charge in [-0.25, -0.2) is 9.59 Å². The normalized spacial score (nSPS) is 13.6. The van der Waals surface area contributed by atoms with E-state index in [0.29, 0.717) is 12.8 Å². The summed E-state index contributed by atoms with van der Waals surface area (Å²) < 4.78 is 4.89. The first-order valence-corrected chi connectivity index (χ1v) is 6.05. The van der Waals surface area contributed by atoms with Gasteiger partial charge in [0.15, 0.2) is 0 Å². The summed E-state index contributed by atoms with van der Waals surface area (Å²) in [5.41, 5.74) is 0. The third-order valence-corrected chi connectivity index (χ3v) is 2.59. The predicted octanol–water partition coefficient (Wildman–Crippen LogP) is 1.04. The van der Waals surface area contributed by atoms with E-state index in [2.05, 4.69) is 0 Å². The number of ether oxygens (including phenoxy) is 1. The Kier molecular flexibility index (Phi) is 7.00. The van der Waals surface area contributed by atoms with Crippen molar-refractivity contribution in [3.63, 3.8) is 0 Å². The number of carbonyl (C=O) groups is 3. The van der Waals surface area contributed by atoms with Crippen LogP contribution in [0.25, 0.3) is 0 Å². The average molecular weight is 259 g/mol. The Morgan fingerprint density at radius 3 is 2.17 bits per heavy atom. The van der Waals surface area contributed by atoms with Gasteiger partial charge in [-0.2, -0.15) is 0 Å². The van der Waals surface area contributed by atoms with Crippen LogP contribution in [0.15, 0.2) is 0 Å². The number of hydrogen-bond donors (Lipinski definition) is 1. The van der Waals surface area contributed by atoms with Crippen molar-refractivity contribution in [1.29, 1.82) is 0 Å². The molecule has 0 aromatic carbocycles. The van der Waals surface area contributed by atoms with Gasteiger partial charge < -0.3 is 14.7 Å². The van der Waals surface area contributed by atoms with E-state index in [4.69, 9.17) is 9.84 Å². The molecule has 18 heavy (non-hydrogen) atoms. The minimum atomic E-state index is -1.14. The van der Waals surface area contributed by atoms with Crippen molar-refractivity contribution in [2.75, 3.05) is 6.61 Å². The summed E-state index contributed by atoms with van der Waals surface area (Å²) >= 11 is 0. The molecule has 2 atom stereocenters. The second-order valence-corrected chi connectivity index (χ2v) is 4.00. The molecule has 1 N–H and O–H groups in total. The Labute approximate surface area is 107 Å². The highest BCUT2D eigenvalue weighted by atomic mass is 16.5. The van der Waals surface area contributed by atoms with Crippen LogP contribution in [0.3, 0.4) is 0 Å². The second-order valence-electron chi connectivity index (χ2n) is 4.00. The Bertz CT molecular complexity index is 316. The van der Waals surface area contributed by atoms with E-state index in [9.17, 15) is 14.4 Å². The Morgan fingerprint density at radius 1 is 1.28 bits per heavy atom. The van der Waals surface area contributed by atoms with E-state index in [1.807, 2.05) is 6.92 Å². The minimum Gasteiger partial charge on any atom is -0.480 e. The molecule has 0 aromatic heterocycles. The number of nitrogens with zero attached hydrogens (tertiary/aromatic N) is 1. The van der Waals surface area contributed by atoms with E-state index < -0.39 is 29.9 Å². The molecule has 0 rings (SSSR count). The molecular weight excluding hydrogens is 238 g/mol. The highest BCUT2D eigenvalue weighted by Crippen LogP contribution is 2.14. The molecule has 0 bridgehead atoms. The maximum Gasteiger partial charge on any atom is 0.328 e. The number of amides is 1. The molecule has 0 fully saturated rings. The van der Waals surface area contributed by atoms with E-state index >= 15 is 0 Å². The van der Waals surface area contributed by atoms with Crippen LogP contribution in [0.1, 0.15) is 40.5 Å².